The van der Waals surface area contributed by atoms with E-state index in [-0.39, 0.29) is 16.9 Å². The molecule has 1 aliphatic heterocycles. The minimum Gasteiger partial charge on any atom is -0.476 e. The highest BCUT2D eigenvalue weighted by Gasteiger charge is 2.38. The van der Waals surface area contributed by atoms with Crippen molar-refractivity contribution in [1.82, 2.24) is 0 Å². The smallest absolute Gasteiger partial charge is 0.267 e. The summed E-state index contributed by atoms with van der Waals surface area (Å²) in [4.78, 5) is 13.2. The van der Waals surface area contributed by atoms with E-state index in [0.717, 1.165) is 5.56 Å². The molecule has 1 unspecified atom stereocenters. The number of fused-ring (bicyclic) bond motifs is 1. The number of amides is 1. The monoisotopic (exact) mass is 484 g/mol. The van der Waals surface area contributed by atoms with E-state index in [2.05, 4.69) is 5.32 Å². The number of hydrogen-bond donors (Lipinski definition) is 1. The zero-order valence-electron chi connectivity index (χ0n) is 18.6. The fraction of sp³-hybridized carbons (Fsp3) is 0.240. The molecule has 0 spiro atoms. The van der Waals surface area contributed by atoms with Gasteiger partial charge in [0.15, 0.2) is 6.10 Å². The normalized spacial score (nSPS) is 16.0. The fourth-order valence-corrected chi connectivity index (χ4v) is 5.25. The van der Waals surface area contributed by atoms with Crippen molar-refractivity contribution in [2.75, 3.05) is 16.2 Å². The highest BCUT2D eigenvalue weighted by atomic mass is 35.5. The van der Waals surface area contributed by atoms with Gasteiger partial charge in [-0.15, -0.1) is 0 Å². The van der Waals surface area contributed by atoms with Crippen molar-refractivity contribution in [3.8, 4) is 5.75 Å². The Labute approximate surface area is 199 Å². The van der Waals surface area contributed by atoms with E-state index in [0.29, 0.717) is 22.1 Å². The van der Waals surface area contributed by atoms with Gasteiger partial charge in [0.25, 0.3) is 15.9 Å². The molecule has 8 heteroatoms. The Morgan fingerprint density at radius 3 is 2.36 bits per heavy atom. The van der Waals surface area contributed by atoms with E-state index in [1.165, 1.54) is 16.4 Å². The zero-order chi connectivity index (χ0) is 23.8. The third-order valence-corrected chi connectivity index (χ3v) is 7.57. The standard InChI is InChI=1S/C25H25ClN2O4S/c1-25(2,3)17-13-14-22-21(15-17)28(33(30,31)18-9-5-4-6-10-18)16-23(32-22)24(29)27-20-12-8-7-11-19(20)26/h4-15,23H,16H2,1-3H3,(H,27,29). The minimum absolute atomic E-state index is 0.143. The predicted octanol–water partition coefficient (Wildman–Crippen LogP) is 5.23. The molecule has 172 valence electrons. The Morgan fingerprint density at radius 2 is 1.70 bits per heavy atom. The van der Waals surface area contributed by atoms with Crippen LogP contribution < -0.4 is 14.4 Å². The van der Waals surface area contributed by atoms with E-state index in [1.54, 1.807) is 48.5 Å². The molecule has 0 radical (unpaired) electrons. The first-order valence-corrected chi connectivity index (χ1v) is 12.3. The van der Waals surface area contributed by atoms with Crippen molar-refractivity contribution < 1.29 is 17.9 Å². The molecule has 33 heavy (non-hydrogen) atoms. The Morgan fingerprint density at radius 1 is 1.03 bits per heavy atom. The summed E-state index contributed by atoms with van der Waals surface area (Å²) in [5.74, 6) is -0.157. The summed E-state index contributed by atoms with van der Waals surface area (Å²) in [7, 11) is -3.94. The molecule has 1 N–H and O–H groups in total. The number of nitrogens with zero attached hydrogens (tertiary/aromatic N) is 1. The van der Waals surface area contributed by atoms with Crippen molar-refractivity contribution in [3.05, 3.63) is 83.4 Å². The van der Waals surface area contributed by atoms with Crippen LogP contribution in [0.5, 0.6) is 5.75 Å². The number of rotatable bonds is 4. The summed E-state index contributed by atoms with van der Waals surface area (Å²) in [5.41, 5.74) is 1.60. The number of carbonyl (C=O) groups excluding carboxylic acids is 1. The molecule has 1 heterocycles. The fourth-order valence-electron chi connectivity index (χ4n) is 3.58. The average Bonchev–Trinajstić information content (AvgIpc) is 2.79. The molecule has 0 bridgehead atoms. The topological polar surface area (TPSA) is 75.7 Å². The van der Waals surface area contributed by atoms with Gasteiger partial charge in [0.05, 0.1) is 27.8 Å². The van der Waals surface area contributed by atoms with Gasteiger partial charge in [0.2, 0.25) is 0 Å². The van der Waals surface area contributed by atoms with Crippen molar-refractivity contribution in [3.63, 3.8) is 0 Å². The molecular formula is C25H25ClN2O4S. The average molecular weight is 485 g/mol. The number of para-hydroxylation sites is 1. The van der Waals surface area contributed by atoms with Gasteiger partial charge in [-0.25, -0.2) is 8.42 Å². The molecule has 4 rings (SSSR count). The van der Waals surface area contributed by atoms with Gasteiger partial charge in [-0.3, -0.25) is 9.10 Å². The number of ether oxygens (including phenoxy) is 1. The van der Waals surface area contributed by atoms with Crippen molar-refractivity contribution in [1.29, 1.82) is 0 Å². The number of benzene rings is 3. The van der Waals surface area contributed by atoms with Gasteiger partial charge in [0.1, 0.15) is 5.75 Å². The summed E-state index contributed by atoms with van der Waals surface area (Å²) in [6.07, 6.45) is -1.06. The van der Waals surface area contributed by atoms with E-state index >= 15 is 0 Å². The van der Waals surface area contributed by atoms with Crippen LogP contribution in [-0.2, 0) is 20.2 Å². The maximum absolute atomic E-state index is 13.6. The van der Waals surface area contributed by atoms with Gasteiger partial charge >= 0.3 is 0 Å². The maximum Gasteiger partial charge on any atom is 0.267 e. The molecule has 3 aromatic rings. The largest absolute Gasteiger partial charge is 0.476 e. The molecule has 1 atom stereocenters. The van der Waals surface area contributed by atoms with E-state index in [1.807, 2.05) is 32.9 Å². The number of nitrogens with one attached hydrogen (secondary N) is 1. The lowest BCUT2D eigenvalue weighted by molar-refractivity contribution is -0.122. The van der Waals surface area contributed by atoms with Crippen LogP contribution >= 0.6 is 11.6 Å². The molecule has 0 saturated heterocycles. The van der Waals surface area contributed by atoms with E-state index in [4.69, 9.17) is 16.3 Å². The van der Waals surface area contributed by atoms with Gasteiger partial charge < -0.3 is 10.1 Å². The first-order chi connectivity index (χ1) is 15.6. The molecular weight excluding hydrogens is 460 g/mol. The van der Waals surface area contributed by atoms with Crippen LogP contribution in [0.1, 0.15) is 26.3 Å². The molecule has 1 aliphatic rings. The lowest BCUT2D eigenvalue weighted by Gasteiger charge is -2.36. The van der Waals surface area contributed by atoms with Crippen molar-refractivity contribution >= 4 is 38.9 Å². The van der Waals surface area contributed by atoms with Crippen LogP contribution in [-0.4, -0.2) is 27.0 Å². The van der Waals surface area contributed by atoms with E-state index in [9.17, 15) is 13.2 Å². The van der Waals surface area contributed by atoms with Crippen LogP contribution in [0.2, 0.25) is 5.02 Å². The molecule has 1 amide bonds. The lowest BCUT2D eigenvalue weighted by atomic mass is 9.86. The SMILES string of the molecule is CC(C)(C)c1ccc2c(c1)N(S(=O)(=O)c1ccccc1)CC(C(=O)Nc1ccccc1Cl)O2. The molecule has 0 saturated carbocycles. The number of halogens is 1. The highest BCUT2D eigenvalue weighted by Crippen LogP contribution is 2.40. The summed E-state index contributed by atoms with van der Waals surface area (Å²) in [6, 6.07) is 20.4. The Bertz CT molecular complexity index is 1290. The van der Waals surface area contributed by atoms with Gasteiger partial charge in [0, 0.05) is 0 Å². The number of hydrogen-bond acceptors (Lipinski definition) is 4. The third-order valence-electron chi connectivity index (χ3n) is 5.45. The summed E-state index contributed by atoms with van der Waals surface area (Å²) in [6.45, 7) is 5.98. The summed E-state index contributed by atoms with van der Waals surface area (Å²) < 4.78 is 34.4. The van der Waals surface area contributed by atoms with Gasteiger partial charge in [-0.05, 0) is 47.4 Å². The van der Waals surface area contributed by atoms with Crippen LogP contribution in [0.15, 0.2) is 77.7 Å². The van der Waals surface area contributed by atoms with E-state index < -0.39 is 22.0 Å². The summed E-state index contributed by atoms with van der Waals surface area (Å²) >= 11 is 6.17. The lowest BCUT2D eigenvalue weighted by Crippen LogP contribution is -2.49. The Kier molecular flexibility index (Phi) is 6.12. The molecule has 0 aliphatic carbocycles. The minimum atomic E-state index is -3.94. The van der Waals surface area contributed by atoms with Crippen molar-refractivity contribution in [2.24, 2.45) is 0 Å². The first-order valence-electron chi connectivity index (χ1n) is 10.5. The maximum atomic E-state index is 13.6. The zero-order valence-corrected chi connectivity index (χ0v) is 20.2. The first kappa shape index (κ1) is 23.1. The summed E-state index contributed by atoms with van der Waals surface area (Å²) in [5, 5.41) is 3.12. The third kappa shape index (κ3) is 4.70. The Hall–Kier alpha value is -3.03. The second-order valence-corrected chi connectivity index (χ2v) is 11.1. The second-order valence-electron chi connectivity index (χ2n) is 8.86. The van der Waals surface area contributed by atoms with Crippen LogP contribution in [0, 0.1) is 0 Å². The second kappa shape index (κ2) is 8.72. The predicted molar refractivity (Wildman–Crippen MR) is 131 cm³/mol. The van der Waals surface area contributed by atoms with Crippen molar-refractivity contribution in [2.45, 2.75) is 37.2 Å². The Balaban J connectivity index is 1.75. The highest BCUT2D eigenvalue weighted by molar-refractivity contribution is 7.92. The van der Waals surface area contributed by atoms with Crippen LogP contribution in [0.4, 0.5) is 11.4 Å². The number of anilines is 2. The van der Waals surface area contributed by atoms with Gasteiger partial charge in [-0.1, -0.05) is 68.8 Å². The van der Waals surface area contributed by atoms with Crippen LogP contribution in [0.25, 0.3) is 0 Å². The quantitative estimate of drug-likeness (QED) is 0.550. The molecule has 3 aromatic carbocycles. The number of sulfonamides is 1. The number of carbonyl (C=O) groups is 1. The van der Waals surface area contributed by atoms with Gasteiger partial charge in [-0.2, -0.15) is 0 Å². The molecule has 0 fully saturated rings. The van der Waals surface area contributed by atoms with Crippen LogP contribution in [0.3, 0.4) is 0 Å². The molecule has 0 aromatic heterocycles. The molecule has 6 nitrogen and oxygen atoms in total.